The van der Waals surface area contributed by atoms with Crippen molar-refractivity contribution in [3.8, 4) is 11.4 Å². The van der Waals surface area contributed by atoms with Crippen LogP contribution in [0.2, 0.25) is 0 Å². The zero-order valence-electron chi connectivity index (χ0n) is 9.89. The molecule has 7 heteroatoms. The van der Waals surface area contributed by atoms with Gasteiger partial charge in [-0.15, -0.1) is 0 Å². The van der Waals surface area contributed by atoms with Crippen LogP contribution in [-0.2, 0) is 11.5 Å². The van der Waals surface area contributed by atoms with E-state index in [1.165, 1.54) is 10.8 Å². The summed E-state index contributed by atoms with van der Waals surface area (Å²) in [4.78, 5) is 4.09. The van der Waals surface area contributed by atoms with Crippen LogP contribution in [0.3, 0.4) is 0 Å². The normalized spacial score (nSPS) is 11.7. The third-order valence-corrected chi connectivity index (χ3v) is 2.38. The van der Waals surface area contributed by atoms with Gasteiger partial charge in [-0.3, -0.25) is 0 Å². The average Bonchev–Trinajstić information content (AvgIpc) is 2.77. The lowest BCUT2D eigenvalue weighted by atomic mass is 10.2. The Kier molecular flexibility index (Phi) is 3.75. The zero-order chi connectivity index (χ0) is 13.9. The second-order valence-electron chi connectivity index (χ2n) is 3.94. The van der Waals surface area contributed by atoms with Crippen molar-refractivity contribution in [3.63, 3.8) is 0 Å². The number of benzene rings is 1. The fourth-order valence-corrected chi connectivity index (χ4v) is 1.57. The highest BCUT2D eigenvalue weighted by atomic mass is 19.4. The maximum Gasteiger partial charge on any atom is 0.411 e. The molecular weight excluding hydrogens is 259 g/mol. The molecule has 2 N–H and O–H groups in total. The van der Waals surface area contributed by atoms with Crippen molar-refractivity contribution in [3.05, 3.63) is 36.7 Å². The molecule has 0 saturated heterocycles. The van der Waals surface area contributed by atoms with Gasteiger partial charge in [0.15, 0.2) is 0 Å². The van der Waals surface area contributed by atoms with Crippen LogP contribution in [0, 0.1) is 0 Å². The van der Waals surface area contributed by atoms with Gasteiger partial charge in [0.25, 0.3) is 0 Å². The molecule has 1 heterocycles. The molecule has 2 rings (SSSR count). The fourth-order valence-electron chi connectivity index (χ4n) is 1.57. The van der Waals surface area contributed by atoms with E-state index < -0.39 is 12.8 Å². The molecule has 2 aromatic rings. The summed E-state index contributed by atoms with van der Waals surface area (Å²) < 4.78 is 42.1. The Labute approximate surface area is 107 Å². The van der Waals surface area contributed by atoms with E-state index in [0.717, 1.165) is 5.56 Å². The summed E-state index contributed by atoms with van der Waals surface area (Å²) in [7, 11) is 0. The van der Waals surface area contributed by atoms with Crippen LogP contribution >= 0.6 is 0 Å². The van der Waals surface area contributed by atoms with Crippen molar-refractivity contribution in [2.24, 2.45) is 0 Å². The Hall–Kier alpha value is -2.02. The Morgan fingerprint density at radius 2 is 1.89 bits per heavy atom. The van der Waals surface area contributed by atoms with Crippen molar-refractivity contribution < 1.29 is 17.9 Å². The predicted octanol–water partition coefficient (Wildman–Crippen LogP) is 2.67. The lowest BCUT2D eigenvalue weighted by Crippen LogP contribution is -2.18. The van der Waals surface area contributed by atoms with E-state index in [1.807, 2.05) is 0 Å². The SMILES string of the molecule is Nc1ccc(-c2nccn2COCC(F)(F)F)cc1. The van der Waals surface area contributed by atoms with Gasteiger partial charge in [0, 0.05) is 23.6 Å². The number of hydrogen-bond acceptors (Lipinski definition) is 3. The number of ether oxygens (including phenoxy) is 1. The average molecular weight is 271 g/mol. The van der Waals surface area contributed by atoms with Gasteiger partial charge in [-0.25, -0.2) is 4.98 Å². The minimum absolute atomic E-state index is 0.209. The molecule has 102 valence electrons. The first-order valence-electron chi connectivity index (χ1n) is 5.47. The van der Waals surface area contributed by atoms with Crippen molar-refractivity contribution >= 4 is 5.69 Å². The van der Waals surface area contributed by atoms with Crippen LogP contribution in [0.15, 0.2) is 36.7 Å². The maximum atomic E-state index is 12.0. The minimum Gasteiger partial charge on any atom is -0.399 e. The van der Waals surface area contributed by atoms with Gasteiger partial charge in [-0.2, -0.15) is 13.2 Å². The predicted molar refractivity (Wildman–Crippen MR) is 64.1 cm³/mol. The Morgan fingerprint density at radius 1 is 1.21 bits per heavy atom. The van der Waals surface area contributed by atoms with Crippen LogP contribution in [0.25, 0.3) is 11.4 Å². The monoisotopic (exact) mass is 271 g/mol. The number of halogens is 3. The molecule has 0 saturated carbocycles. The third-order valence-electron chi connectivity index (χ3n) is 2.38. The standard InChI is InChI=1S/C12H12F3N3O/c13-12(14,15)7-19-8-18-6-5-17-11(18)9-1-3-10(16)4-2-9/h1-6H,7-8,16H2. The van der Waals surface area contributed by atoms with Crippen LogP contribution in [0.4, 0.5) is 18.9 Å². The van der Waals surface area contributed by atoms with E-state index in [0.29, 0.717) is 11.5 Å². The van der Waals surface area contributed by atoms with Gasteiger partial charge in [0.1, 0.15) is 19.2 Å². The molecule has 1 aromatic heterocycles. The Morgan fingerprint density at radius 3 is 2.53 bits per heavy atom. The van der Waals surface area contributed by atoms with E-state index >= 15 is 0 Å². The lowest BCUT2D eigenvalue weighted by molar-refractivity contribution is -0.181. The van der Waals surface area contributed by atoms with Crippen LogP contribution in [0.1, 0.15) is 0 Å². The van der Waals surface area contributed by atoms with Crippen LogP contribution < -0.4 is 5.73 Å². The van der Waals surface area contributed by atoms with Gasteiger partial charge in [-0.05, 0) is 24.3 Å². The Bertz CT molecular complexity index is 534. The van der Waals surface area contributed by atoms with Crippen molar-refractivity contribution in [2.75, 3.05) is 12.3 Å². The smallest absolute Gasteiger partial charge is 0.399 e. The summed E-state index contributed by atoms with van der Waals surface area (Å²) in [6.07, 6.45) is -1.27. The number of rotatable bonds is 4. The molecule has 0 atom stereocenters. The van der Waals surface area contributed by atoms with E-state index in [4.69, 9.17) is 5.73 Å². The topological polar surface area (TPSA) is 53.1 Å². The van der Waals surface area contributed by atoms with Crippen molar-refractivity contribution in [2.45, 2.75) is 12.9 Å². The highest BCUT2D eigenvalue weighted by Gasteiger charge is 2.27. The highest BCUT2D eigenvalue weighted by Crippen LogP contribution is 2.20. The number of hydrogen-bond donors (Lipinski definition) is 1. The quantitative estimate of drug-likeness (QED) is 0.870. The molecule has 0 unspecified atom stereocenters. The van der Waals surface area contributed by atoms with E-state index in [9.17, 15) is 13.2 Å². The van der Waals surface area contributed by atoms with Crippen LogP contribution in [0.5, 0.6) is 0 Å². The molecule has 0 spiro atoms. The molecule has 0 fully saturated rings. The lowest BCUT2D eigenvalue weighted by Gasteiger charge is -2.10. The van der Waals surface area contributed by atoms with Crippen LogP contribution in [-0.4, -0.2) is 22.3 Å². The molecular formula is C12H12F3N3O. The van der Waals surface area contributed by atoms with Crippen molar-refractivity contribution in [1.82, 2.24) is 9.55 Å². The number of aromatic nitrogens is 2. The van der Waals surface area contributed by atoms with Gasteiger partial charge in [-0.1, -0.05) is 0 Å². The number of nitrogens with zero attached hydrogens (tertiary/aromatic N) is 2. The highest BCUT2D eigenvalue weighted by molar-refractivity contribution is 5.59. The van der Waals surface area contributed by atoms with Gasteiger partial charge in [0.05, 0.1) is 0 Å². The summed E-state index contributed by atoms with van der Waals surface area (Å²) in [5.41, 5.74) is 6.94. The number of nitrogen functional groups attached to an aromatic ring is 1. The molecule has 0 aliphatic carbocycles. The summed E-state index contributed by atoms with van der Waals surface area (Å²) in [6, 6.07) is 6.89. The fraction of sp³-hybridized carbons (Fsp3) is 0.250. The first kappa shape index (κ1) is 13.4. The van der Waals surface area contributed by atoms with Crippen molar-refractivity contribution in [1.29, 1.82) is 0 Å². The molecule has 0 aliphatic rings. The largest absolute Gasteiger partial charge is 0.411 e. The molecule has 0 radical (unpaired) electrons. The Balaban J connectivity index is 2.07. The molecule has 19 heavy (non-hydrogen) atoms. The molecule has 0 amide bonds. The third kappa shape index (κ3) is 3.72. The molecule has 4 nitrogen and oxygen atoms in total. The summed E-state index contributed by atoms with van der Waals surface area (Å²) in [5.74, 6) is 0.530. The van der Waals surface area contributed by atoms with E-state index in [1.54, 1.807) is 30.5 Å². The van der Waals surface area contributed by atoms with E-state index in [-0.39, 0.29) is 6.73 Å². The van der Waals surface area contributed by atoms with Gasteiger partial charge in [0.2, 0.25) is 0 Å². The first-order chi connectivity index (χ1) is 8.96. The number of nitrogens with two attached hydrogens (primary N) is 1. The zero-order valence-corrected chi connectivity index (χ0v) is 9.89. The number of imidazole rings is 1. The summed E-state index contributed by atoms with van der Waals surface area (Å²) >= 11 is 0. The molecule has 0 aliphatic heterocycles. The first-order valence-corrected chi connectivity index (χ1v) is 5.47. The summed E-state index contributed by atoms with van der Waals surface area (Å²) in [6.45, 7) is -1.49. The molecule has 1 aromatic carbocycles. The van der Waals surface area contributed by atoms with Gasteiger partial charge < -0.3 is 15.0 Å². The second kappa shape index (κ2) is 5.31. The summed E-state index contributed by atoms with van der Waals surface area (Å²) in [5, 5.41) is 0. The number of alkyl halides is 3. The minimum atomic E-state index is -4.33. The van der Waals surface area contributed by atoms with E-state index in [2.05, 4.69) is 9.72 Å². The van der Waals surface area contributed by atoms with Gasteiger partial charge >= 0.3 is 6.18 Å². The maximum absolute atomic E-state index is 12.0. The molecule has 0 bridgehead atoms. The number of anilines is 1. The second-order valence-corrected chi connectivity index (χ2v) is 3.94.